The maximum absolute atomic E-state index is 12.6. The quantitative estimate of drug-likeness (QED) is 0.409. The van der Waals surface area contributed by atoms with E-state index in [4.69, 9.17) is 16.3 Å². The third kappa shape index (κ3) is 3.99. The van der Waals surface area contributed by atoms with Crippen molar-refractivity contribution in [1.29, 1.82) is 0 Å². The van der Waals surface area contributed by atoms with Gasteiger partial charge in [0.15, 0.2) is 0 Å². The number of nitrogens with zero attached hydrogens (tertiary/aromatic N) is 1. The van der Waals surface area contributed by atoms with Crippen molar-refractivity contribution in [3.8, 4) is 11.3 Å². The molecule has 0 aliphatic carbocycles. The van der Waals surface area contributed by atoms with Gasteiger partial charge in [0.2, 0.25) is 0 Å². The van der Waals surface area contributed by atoms with Crippen LogP contribution in [0.3, 0.4) is 0 Å². The van der Waals surface area contributed by atoms with Crippen LogP contribution < -0.4 is 0 Å². The molecule has 0 spiro atoms. The maximum atomic E-state index is 12.6. The fraction of sp³-hybridized carbons (Fsp3) is 0.238. The molecule has 0 amide bonds. The van der Waals surface area contributed by atoms with Gasteiger partial charge in [-0.15, -0.1) is 0 Å². The van der Waals surface area contributed by atoms with Gasteiger partial charge in [0.05, 0.1) is 28.4 Å². The largest absolute Gasteiger partial charge is 0.462 e. The van der Waals surface area contributed by atoms with Gasteiger partial charge in [-0.2, -0.15) is 0 Å². The SMILES string of the molecule is CCCCCOC(=O)c1cc(-c2ccccc2)nc2c(Cl)cccc12. The Kier molecular flexibility index (Phi) is 5.67. The molecule has 25 heavy (non-hydrogen) atoms. The van der Waals surface area contributed by atoms with Gasteiger partial charge in [-0.25, -0.2) is 9.78 Å². The molecular weight excluding hydrogens is 334 g/mol. The Bertz CT molecular complexity index is 878. The second-order valence-corrected chi connectivity index (χ2v) is 6.31. The minimum absolute atomic E-state index is 0.331. The summed E-state index contributed by atoms with van der Waals surface area (Å²) >= 11 is 6.32. The number of fused-ring (bicyclic) bond motifs is 1. The molecule has 4 heteroatoms. The molecule has 0 aliphatic heterocycles. The van der Waals surface area contributed by atoms with Crippen LogP contribution in [0.25, 0.3) is 22.2 Å². The highest BCUT2D eigenvalue weighted by Gasteiger charge is 2.16. The molecule has 0 saturated heterocycles. The third-order valence-electron chi connectivity index (χ3n) is 4.06. The van der Waals surface area contributed by atoms with Crippen molar-refractivity contribution in [2.75, 3.05) is 6.61 Å². The average Bonchev–Trinajstić information content (AvgIpc) is 2.65. The van der Waals surface area contributed by atoms with Crippen LogP contribution >= 0.6 is 11.6 Å². The molecular formula is C21H20ClNO2. The molecule has 0 unspecified atom stereocenters. The molecule has 1 heterocycles. The molecule has 0 radical (unpaired) electrons. The fourth-order valence-corrected chi connectivity index (χ4v) is 2.95. The highest BCUT2D eigenvalue weighted by Crippen LogP contribution is 2.29. The first-order valence-electron chi connectivity index (χ1n) is 8.52. The second-order valence-electron chi connectivity index (χ2n) is 5.90. The van der Waals surface area contributed by atoms with Gasteiger partial charge >= 0.3 is 5.97 Å². The molecule has 3 aromatic rings. The number of rotatable bonds is 6. The molecule has 0 fully saturated rings. The monoisotopic (exact) mass is 353 g/mol. The normalized spacial score (nSPS) is 10.8. The number of carbonyl (C=O) groups is 1. The summed E-state index contributed by atoms with van der Waals surface area (Å²) in [4.78, 5) is 17.3. The molecule has 128 valence electrons. The van der Waals surface area contributed by atoms with Crippen LogP contribution in [0.2, 0.25) is 5.02 Å². The first-order valence-corrected chi connectivity index (χ1v) is 8.90. The standard InChI is InChI=1S/C21H20ClNO2/c1-2-3-7-13-25-21(24)17-14-19(15-9-5-4-6-10-15)23-20-16(17)11-8-12-18(20)22/h4-6,8-12,14H,2-3,7,13H2,1H3. The Labute approximate surface area is 152 Å². The number of hydrogen-bond donors (Lipinski definition) is 0. The summed E-state index contributed by atoms with van der Waals surface area (Å²) in [6.45, 7) is 2.55. The van der Waals surface area contributed by atoms with Crippen molar-refractivity contribution in [2.24, 2.45) is 0 Å². The van der Waals surface area contributed by atoms with E-state index in [-0.39, 0.29) is 5.97 Å². The van der Waals surface area contributed by atoms with Crippen LogP contribution in [-0.4, -0.2) is 17.6 Å². The van der Waals surface area contributed by atoms with Crippen LogP contribution in [0.1, 0.15) is 36.5 Å². The van der Waals surface area contributed by atoms with Crippen LogP contribution in [0, 0.1) is 0 Å². The number of halogens is 1. The summed E-state index contributed by atoms with van der Waals surface area (Å²) in [5.41, 5.74) is 2.76. The Morgan fingerprint density at radius 2 is 1.88 bits per heavy atom. The zero-order valence-electron chi connectivity index (χ0n) is 14.2. The van der Waals surface area contributed by atoms with E-state index in [0.29, 0.717) is 33.8 Å². The van der Waals surface area contributed by atoms with Gasteiger partial charge in [-0.1, -0.05) is 73.8 Å². The lowest BCUT2D eigenvalue weighted by Gasteiger charge is -2.11. The van der Waals surface area contributed by atoms with Crippen molar-refractivity contribution in [2.45, 2.75) is 26.2 Å². The van der Waals surface area contributed by atoms with Gasteiger partial charge in [0.25, 0.3) is 0 Å². The lowest BCUT2D eigenvalue weighted by atomic mass is 10.0. The van der Waals surface area contributed by atoms with Gasteiger partial charge in [0, 0.05) is 10.9 Å². The van der Waals surface area contributed by atoms with Gasteiger partial charge in [0.1, 0.15) is 0 Å². The zero-order chi connectivity index (χ0) is 17.6. The Balaban J connectivity index is 2.03. The molecule has 0 bridgehead atoms. The van der Waals surface area contributed by atoms with Gasteiger partial charge in [-0.05, 0) is 18.6 Å². The lowest BCUT2D eigenvalue weighted by molar-refractivity contribution is 0.0500. The fourth-order valence-electron chi connectivity index (χ4n) is 2.73. The lowest BCUT2D eigenvalue weighted by Crippen LogP contribution is -2.08. The summed E-state index contributed by atoms with van der Waals surface area (Å²) in [5, 5.41) is 1.24. The van der Waals surface area contributed by atoms with Crippen molar-refractivity contribution in [1.82, 2.24) is 4.98 Å². The topological polar surface area (TPSA) is 39.2 Å². The highest BCUT2D eigenvalue weighted by atomic mass is 35.5. The van der Waals surface area contributed by atoms with Crippen molar-refractivity contribution in [3.05, 3.63) is 65.2 Å². The Morgan fingerprint density at radius 1 is 1.08 bits per heavy atom. The minimum atomic E-state index is -0.331. The van der Waals surface area contributed by atoms with E-state index in [1.807, 2.05) is 42.5 Å². The molecule has 1 aromatic heterocycles. The van der Waals surface area contributed by atoms with E-state index in [2.05, 4.69) is 11.9 Å². The number of para-hydroxylation sites is 1. The number of benzene rings is 2. The highest BCUT2D eigenvalue weighted by molar-refractivity contribution is 6.35. The first kappa shape index (κ1) is 17.4. The van der Waals surface area contributed by atoms with E-state index in [9.17, 15) is 4.79 Å². The number of hydrogen-bond acceptors (Lipinski definition) is 3. The van der Waals surface area contributed by atoms with Crippen molar-refractivity contribution < 1.29 is 9.53 Å². The summed E-state index contributed by atoms with van der Waals surface area (Å²) < 4.78 is 5.46. The Morgan fingerprint density at radius 3 is 2.64 bits per heavy atom. The van der Waals surface area contributed by atoms with E-state index in [1.54, 1.807) is 12.1 Å². The molecule has 2 aromatic carbocycles. The van der Waals surface area contributed by atoms with Crippen LogP contribution in [0.15, 0.2) is 54.6 Å². The predicted molar refractivity (Wildman–Crippen MR) is 102 cm³/mol. The van der Waals surface area contributed by atoms with E-state index in [0.717, 1.165) is 24.8 Å². The van der Waals surface area contributed by atoms with Crippen LogP contribution in [0.4, 0.5) is 0 Å². The zero-order valence-corrected chi connectivity index (χ0v) is 14.9. The Hall–Kier alpha value is -2.39. The van der Waals surface area contributed by atoms with E-state index < -0.39 is 0 Å². The van der Waals surface area contributed by atoms with Crippen molar-refractivity contribution >= 4 is 28.5 Å². The predicted octanol–water partition coefficient (Wildman–Crippen LogP) is 5.90. The molecule has 0 aliphatic rings. The molecule has 0 N–H and O–H groups in total. The number of aromatic nitrogens is 1. The number of unbranched alkanes of at least 4 members (excludes halogenated alkanes) is 2. The number of pyridine rings is 1. The minimum Gasteiger partial charge on any atom is -0.462 e. The molecule has 0 atom stereocenters. The summed E-state index contributed by atoms with van der Waals surface area (Å²) in [6, 6.07) is 17.0. The summed E-state index contributed by atoms with van der Waals surface area (Å²) in [7, 11) is 0. The second kappa shape index (κ2) is 8.13. The number of esters is 1. The average molecular weight is 354 g/mol. The smallest absolute Gasteiger partial charge is 0.338 e. The molecule has 0 saturated carbocycles. The number of ether oxygens (including phenoxy) is 1. The van der Waals surface area contributed by atoms with Gasteiger partial charge < -0.3 is 4.74 Å². The van der Waals surface area contributed by atoms with Crippen molar-refractivity contribution in [3.63, 3.8) is 0 Å². The van der Waals surface area contributed by atoms with E-state index >= 15 is 0 Å². The van der Waals surface area contributed by atoms with Gasteiger partial charge in [-0.3, -0.25) is 0 Å². The summed E-state index contributed by atoms with van der Waals surface area (Å²) in [6.07, 6.45) is 3.01. The number of carbonyl (C=O) groups excluding carboxylic acids is 1. The third-order valence-corrected chi connectivity index (χ3v) is 4.37. The van der Waals surface area contributed by atoms with Crippen LogP contribution in [-0.2, 0) is 4.74 Å². The van der Waals surface area contributed by atoms with E-state index in [1.165, 1.54) is 0 Å². The first-order chi connectivity index (χ1) is 12.2. The molecule has 3 nitrogen and oxygen atoms in total. The maximum Gasteiger partial charge on any atom is 0.338 e. The molecule has 3 rings (SSSR count). The van der Waals surface area contributed by atoms with Crippen LogP contribution in [0.5, 0.6) is 0 Å². The summed E-state index contributed by atoms with van der Waals surface area (Å²) in [5.74, 6) is -0.331.